The lowest BCUT2D eigenvalue weighted by atomic mass is 10.1. The molecule has 0 aromatic heterocycles. The molecule has 12 heavy (non-hydrogen) atoms. The number of rotatable bonds is 6. The van der Waals surface area contributed by atoms with Gasteiger partial charge in [0, 0.05) is 12.1 Å². The highest BCUT2D eigenvalue weighted by Gasteiger charge is 2.17. The van der Waals surface area contributed by atoms with E-state index in [-0.39, 0.29) is 5.54 Å². The van der Waals surface area contributed by atoms with E-state index in [1.165, 1.54) is 12.8 Å². The molecule has 0 aromatic carbocycles. The summed E-state index contributed by atoms with van der Waals surface area (Å²) < 4.78 is 0. The van der Waals surface area contributed by atoms with Gasteiger partial charge in [-0.2, -0.15) is 0 Å². The molecule has 74 valence electrons. The zero-order chi connectivity index (χ0) is 9.61. The Labute approximate surface area is 81.4 Å². The van der Waals surface area contributed by atoms with Crippen molar-refractivity contribution in [3.05, 3.63) is 0 Å². The Morgan fingerprint density at radius 3 is 2.42 bits per heavy atom. The van der Waals surface area contributed by atoms with Crippen LogP contribution in [0.1, 0.15) is 33.6 Å². The third-order valence-electron chi connectivity index (χ3n) is 1.81. The fourth-order valence-corrected chi connectivity index (χ4v) is 1.27. The summed E-state index contributed by atoms with van der Waals surface area (Å²) in [5.74, 6) is 0. The fourth-order valence-electron chi connectivity index (χ4n) is 1.21. The molecule has 0 saturated heterocycles. The fraction of sp³-hybridized carbons (Fsp3) is 1.00. The zero-order valence-corrected chi connectivity index (χ0v) is 9.41. The number of hydrogen-bond donors (Lipinski definition) is 1. The summed E-state index contributed by atoms with van der Waals surface area (Å²) in [6.45, 7) is 8.54. The summed E-state index contributed by atoms with van der Waals surface area (Å²) in [5.41, 5.74) is 0.00401. The first-order chi connectivity index (χ1) is 5.52. The van der Waals surface area contributed by atoms with Crippen LogP contribution < -0.4 is 4.84 Å². The Hall–Kier alpha value is 0.210. The summed E-state index contributed by atoms with van der Waals surface area (Å²) in [4.78, 5) is 5.08. The summed E-state index contributed by atoms with van der Waals surface area (Å²) in [7, 11) is 2.13. The van der Waals surface area contributed by atoms with Crippen molar-refractivity contribution >= 4 is 11.8 Å². The van der Waals surface area contributed by atoms with Gasteiger partial charge in [0.05, 0.1) is 0 Å². The quantitative estimate of drug-likeness (QED) is 0.650. The summed E-state index contributed by atoms with van der Waals surface area (Å²) in [5, 5.41) is 0. The number of halogens is 1. The molecule has 0 aliphatic carbocycles. The van der Waals surface area contributed by atoms with Crippen molar-refractivity contribution in [3.8, 4) is 0 Å². The summed E-state index contributed by atoms with van der Waals surface area (Å²) >= 11 is 5.59. The summed E-state index contributed by atoms with van der Waals surface area (Å²) in [6, 6.07) is 0. The SMILES string of the molecule is CCCCN(C)CC(C)(C)NCl. The van der Waals surface area contributed by atoms with Gasteiger partial charge < -0.3 is 4.90 Å². The lowest BCUT2D eigenvalue weighted by Gasteiger charge is -2.28. The van der Waals surface area contributed by atoms with E-state index in [2.05, 4.69) is 37.6 Å². The van der Waals surface area contributed by atoms with E-state index in [1.54, 1.807) is 0 Å². The molecular formula is C9H21ClN2. The van der Waals surface area contributed by atoms with Crippen molar-refractivity contribution in [2.45, 2.75) is 39.2 Å². The smallest absolute Gasteiger partial charge is 0.0402 e. The second-order valence-electron chi connectivity index (χ2n) is 4.07. The van der Waals surface area contributed by atoms with Crippen molar-refractivity contribution in [2.24, 2.45) is 0 Å². The normalized spacial score (nSPS) is 12.5. The first kappa shape index (κ1) is 12.2. The molecule has 0 aliphatic heterocycles. The molecule has 2 nitrogen and oxygen atoms in total. The van der Waals surface area contributed by atoms with Crippen molar-refractivity contribution in [1.82, 2.24) is 9.74 Å². The number of likely N-dealkylation sites (N-methyl/N-ethyl adjacent to an activating group) is 1. The summed E-state index contributed by atoms with van der Waals surface area (Å²) in [6.07, 6.45) is 2.51. The maximum absolute atomic E-state index is 5.59. The van der Waals surface area contributed by atoms with Crippen LogP contribution in [0.15, 0.2) is 0 Å². The van der Waals surface area contributed by atoms with Crippen LogP contribution in [-0.4, -0.2) is 30.6 Å². The lowest BCUT2D eigenvalue weighted by Crippen LogP contribution is -2.44. The number of nitrogens with one attached hydrogen (secondary N) is 1. The number of unbranched alkanes of at least 4 members (excludes halogenated alkanes) is 1. The van der Waals surface area contributed by atoms with E-state index < -0.39 is 0 Å². The molecule has 0 radical (unpaired) electrons. The third-order valence-corrected chi connectivity index (χ3v) is 2.33. The van der Waals surface area contributed by atoms with Crippen LogP contribution in [0.3, 0.4) is 0 Å². The average molecular weight is 193 g/mol. The maximum atomic E-state index is 5.59. The van der Waals surface area contributed by atoms with E-state index in [0.29, 0.717) is 0 Å². The van der Waals surface area contributed by atoms with Crippen molar-refractivity contribution in [3.63, 3.8) is 0 Å². The van der Waals surface area contributed by atoms with Crippen molar-refractivity contribution < 1.29 is 0 Å². The van der Waals surface area contributed by atoms with Gasteiger partial charge in [-0.15, -0.1) is 0 Å². The van der Waals surface area contributed by atoms with Crippen LogP contribution in [0.25, 0.3) is 0 Å². The van der Waals surface area contributed by atoms with Gasteiger partial charge in [-0.25, -0.2) is 4.84 Å². The largest absolute Gasteiger partial charge is 0.305 e. The van der Waals surface area contributed by atoms with Gasteiger partial charge in [0.15, 0.2) is 0 Å². The van der Waals surface area contributed by atoms with Crippen LogP contribution in [0.2, 0.25) is 0 Å². The number of nitrogens with zero attached hydrogens (tertiary/aromatic N) is 1. The third kappa shape index (κ3) is 5.81. The highest BCUT2D eigenvalue weighted by atomic mass is 35.5. The van der Waals surface area contributed by atoms with Crippen molar-refractivity contribution in [1.29, 1.82) is 0 Å². The average Bonchev–Trinajstić information content (AvgIpc) is 2.00. The molecule has 0 aliphatic rings. The zero-order valence-electron chi connectivity index (χ0n) is 8.65. The van der Waals surface area contributed by atoms with Crippen LogP contribution in [0.4, 0.5) is 0 Å². The second kappa shape index (κ2) is 5.79. The highest BCUT2D eigenvalue weighted by Crippen LogP contribution is 2.05. The molecule has 0 atom stereocenters. The lowest BCUT2D eigenvalue weighted by molar-refractivity contribution is 0.255. The molecule has 3 heteroatoms. The molecule has 0 aromatic rings. The first-order valence-electron chi connectivity index (χ1n) is 4.58. The van der Waals surface area contributed by atoms with Gasteiger partial charge in [-0.3, -0.25) is 0 Å². The highest BCUT2D eigenvalue weighted by molar-refractivity contribution is 6.13. The Morgan fingerprint density at radius 1 is 1.42 bits per heavy atom. The predicted octanol–water partition coefficient (Wildman–Crippen LogP) is 2.24. The van der Waals surface area contributed by atoms with Gasteiger partial charge in [-0.1, -0.05) is 13.3 Å². The van der Waals surface area contributed by atoms with Gasteiger partial charge in [-0.05, 0) is 45.6 Å². The van der Waals surface area contributed by atoms with Crippen LogP contribution in [0.5, 0.6) is 0 Å². The minimum atomic E-state index is 0.00401. The van der Waals surface area contributed by atoms with Crippen LogP contribution >= 0.6 is 11.8 Å². The Kier molecular flexibility index (Phi) is 5.89. The van der Waals surface area contributed by atoms with Crippen molar-refractivity contribution in [2.75, 3.05) is 20.1 Å². The van der Waals surface area contributed by atoms with Gasteiger partial charge in [0.1, 0.15) is 0 Å². The molecule has 0 heterocycles. The molecular weight excluding hydrogens is 172 g/mol. The molecule has 0 unspecified atom stereocenters. The first-order valence-corrected chi connectivity index (χ1v) is 4.96. The molecule has 1 N–H and O–H groups in total. The Bertz CT molecular complexity index is 115. The monoisotopic (exact) mass is 192 g/mol. The van der Waals surface area contributed by atoms with Crippen LogP contribution in [0, 0.1) is 0 Å². The van der Waals surface area contributed by atoms with Gasteiger partial charge in [0.2, 0.25) is 0 Å². The molecule has 0 amide bonds. The predicted molar refractivity (Wildman–Crippen MR) is 55.5 cm³/mol. The molecule has 0 bridgehead atoms. The maximum Gasteiger partial charge on any atom is 0.0402 e. The molecule has 0 rings (SSSR count). The van der Waals surface area contributed by atoms with E-state index in [4.69, 9.17) is 11.8 Å². The minimum absolute atomic E-state index is 0.00401. The van der Waals surface area contributed by atoms with Gasteiger partial charge in [0.25, 0.3) is 0 Å². The van der Waals surface area contributed by atoms with E-state index in [0.717, 1.165) is 13.1 Å². The van der Waals surface area contributed by atoms with Crippen LogP contribution in [-0.2, 0) is 0 Å². The molecule has 0 spiro atoms. The topological polar surface area (TPSA) is 15.3 Å². The number of hydrogen-bond acceptors (Lipinski definition) is 2. The van der Waals surface area contributed by atoms with E-state index in [1.807, 2.05) is 0 Å². The van der Waals surface area contributed by atoms with E-state index in [9.17, 15) is 0 Å². The molecule has 0 saturated carbocycles. The second-order valence-corrected chi connectivity index (χ2v) is 4.26. The molecule has 0 fully saturated rings. The Morgan fingerprint density at radius 2 is 2.00 bits per heavy atom. The Balaban J connectivity index is 3.60. The minimum Gasteiger partial charge on any atom is -0.305 e. The van der Waals surface area contributed by atoms with E-state index >= 15 is 0 Å². The standard InChI is InChI=1S/C9H21ClN2/c1-5-6-7-12(4)8-9(2,3)11-10/h11H,5-8H2,1-4H3. The van der Waals surface area contributed by atoms with Gasteiger partial charge >= 0.3 is 0 Å².